The van der Waals surface area contributed by atoms with Crippen LogP contribution < -0.4 is 5.32 Å². The van der Waals surface area contributed by atoms with Crippen LogP contribution in [0.25, 0.3) is 0 Å². The van der Waals surface area contributed by atoms with Crippen molar-refractivity contribution in [2.24, 2.45) is 0 Å². The monoisotopic (exact) mass is 363 g/mol. The van der Waals surface area contributed by atoms with Gasteiger partial charge in [0.05, 0.1) is 12.2 Å². The molecule has 7 heteroatoms. The summed E-state index contributed by atoms with van der Waals surface area (Å²) in [6.07, 6.45) is -0.791. The zero-order valence-corrected chi connectivity index (χ0v) is 15.3. The van der Waals surface area contributed by atoms with E-state index >= 15 is 0 Å². The number of ether oxygens (including phenoxy) is 3. The number of para-hydroxylation sites is 1. The average Bonchev–Trinajstić information content (AvgIpc) is 2.56. The molecule has 1 aliphatic heterocycles. The Morgan fingerprint density at radius 1 is 1.12 bits per heavy atom. The fourth-order valence-electron chi connectivity index (χ4n) is 3.05. The maximum Gasteiger partial charge on any atom is 0.303 e. The van der Waals surface area contributed by atoms with Crippen molar-refractivity contribution in [3.05, 3.63) is 30.3 Å². The van der Waals surface area contributed by atoms with Crippen LogP contribution in [0.1, 0.15) is 40.0 Å². The number of anilines is 1. The fourth-order valence-corrected chi connectivity index (χ4v) is 3.05. The minimum Gasteiger partial charge on any atom is -0.458 e. The lowest BCUT2D eigenvalue weighted by molar-refractivity contribution is -0.204. The highest BCUT2D eigenvalue weighted by atomic mass is 16.6. The third-order valence-electron chi connectivity index (χ3n) is 4.10. The highest BCUT2D eigenvalue weighted by Gasteiger charge is 2.40. The van der Waals surface area contributed by atoms with Gasteiger partial charge in [-0.1, -0.05) is 18.2 Å². The van der Waals surface area contributed by atoms with Gasteiger partial charge in [0.25, 0.3) is 0 Å². The lowest BCUT2D eigenvalue weighted by atomic mass is 9.95. The van der Waals surface area contributed by atoms with Gasteiger partial charge in [0.15, 0.2) is 6.10 Å². The summed E-state index contributed by atoms with van der Waals surface area (Å²) in [5.74, 6) is -1.01. The first-order valence-corrected chi connectivity index (χ1v) is 8.70. The van der Waals surface area contributed by atoms with E-state index in [9.17, 15) is 14.4 Å². The highest BCUT2D eigenvalue weighted by molar-refractivity contribution is 5.90. The van der Waals surface area contributed by atoms with E-state index in [1.165, 1.54) is 13.8 Å². The smallest absolute Gasteiger partial charge is 0.303 e. The zero-order valence-electron chi connectivity index (χ0n) is 15.3. The number of carbonyl (C=O) groups is 3. The van der Waals surface area contributed by atoms with Crippen molar-refractivity contribution < 1.29 is 28.6 Å². The Bertz CT molecular complexity index is 632. The average molecular weight is 363 g/mol. The summed E-state index contributed by atoms with van der Waals surface area (Å²) in [5.41, 5.74) is 0.739. The van der Waals surface area contributed by atoms with E-state index in [1.54, 1.807) is 6.92 Å². The van der Waals surface area contributed by atoms with Crippen molar-refractivity contribution in [3.8, 4) is 0 Å². The second kappa shape index (κ2) is 9.33. The Morgan fingerprint density at radius 2 is 1.77 bits per heavy atom. The van der Waals surface area contributed by atoms with E-state index in [1.807, 2.05) is 30.3 Å². The Balaban J connectivity index is 1.90. The number of nitrogens with one attached hydrogen (secondary N) is 1. The van der Waals surface area contributed by atoms with Crippen LogP contribution in [0.3, 0.4) is 0 Å². The molecule has 26 heavy (non-hydrogen) atoms. The summed E-state index contributed by atoms with van der Waals surface area (Å²) in [6, 6.07) is 9.21. The van der Waals surface area contributed by atoms with Gasteiger partial charge < -0.3 is 19.5 Å². The molecule has 142 valence electrons. The van der Waals surface area contributed by atoms with Crippen molar-refractivity contribution in [1.82, 2.24) is 0 Å². The number of carbonyl (C=O) groups excluding carboxylic acids is 3. The van der Waals surface area contributed by atoms with E-state index in [0.29, 0.717) is 12.8 Å². The predicted octanol–water partition coefficient (Wildman–Crippen LogP) is 2.45. The van der Waals surface area contributed by atoms with Crippen LogP contribution in [0, 0.1) is 0 Å². The van der Waals surface area contributed by atoms with Crippen molar-refractivity contribution >= 4 is 23.5 Å². The molecule has 1 N–H and O–H groups in total. The van der Waals surface area contributed by atoms with Gasteiger partial charge in [-0.3, -0.25) is 14.4 Å². The molecular formula is C19H25NO6. The van der Waals surface area contributed by atoms with Crippen molar-refractivity contribution in [2.45, 2.75) is 64.4 Å². The van der Waals surface area contributed by atoms with Gasteiger partial charge in [-0.05, 0) is 25.5 Å². The van der Waals surface area contributed by atoms with Gasteiger partial charge in [-0.2, -0.15) is 0 Å². The molecule has 0 saturated carbocycles. The van der Waals surface area contributed by atoms with Gasteiger partial charge in [0.1, 0.15) is 6.10 Å². The van der Waals surface area contributed by atoms with Gasteiger partial charge in [-0.25, -0.2) is 0 Å². The summed E-state index contributed by atoms with van der Waals surface area (Å²) >= 11 is 0. The Hall–Kier alpha value is -2.41. The number of esters is 2. The molecule has 0 aromatic heterocycles. The molecule has 0 aliphatic carbocycles. The molecule has 1 aromatic rings. The number of hydrogen-bond donors (Lipinski definition) is 1. The van der Waals surface area contributed by atoms with Crippen LogP contribution in [-0.2, 0) is 28.6 Å². The molecule has 1 aliphatic rings. The molecule has 1 amide bonds. The summed E-state index contributed by atoms with van der Waals surface area (Å²) in [7, 11) is 0. The lowest BCUT2D eigenvalue weighted by Crippen LogP contribution is -2.50. The van der Waals surface area contributed by atoms with Crippen LogP contribution in [0.5, 0.6) is 0 Å². The normalized spacial score (nSPS) is 25.2. The van der Waals surface area contributed by atoms with Crippen LogP contribution >= 0.6 is 0 Å². The van der Waals surface area contributed by atoms with Gasteiger partial charge in [0, 0.05) is 32.4 Å². The van der Waals surface area contributed by atoms with E-state index in [0.717, 1.165) is 5.69 Å². The van der Waals surface area contributed by atoms with Crippen LogP contribution in [0.2, 0.25) is 0 Å². The Labute approximate surface area is 153 Å². The standard InChI is InChI=1S/C19H25NO6/c1-12-19(26-14(3)22)17(25-13(2)21)11-16(24-12)9-10-18(23)20-15-7-5-4-6-8-15/h4-8,12,16-17,19H,9-11H2,1-3H3,(H,20,23)/t12-,16-,17-,19-/m0/s1. The summed E-state index contributed by atoms with van der Waals surface area (Å²) in [6.45, 7) is 4.38. The number of amides is 1. The molecule has 1 fully saturated rings. The quantitative estimate of drug-likeness (QED) is 0.781. The molecule has 1 heterocycles. The maximum absolute atomic E-state index is 12.1. The fraction of sp³-hybridized carbons (Fsp3) is 0.526. The van der Waals surface area contributed by atoms with E-state index in [-0.39, 0.29) is 18.4 Å². The summed E-state index contributed by atoms with van der Waals surface area (Å²) in [5, 5.41) is 2.82. The van der Waals surface area contributed by atoms with Crippen molar-refractivity contribution in [3.63, 3.8) is 0 Å². The predicted molar refractivity (Wildman–Crippen MR) is 94.4 cm³/mol. The number of hydrogen-bond acceptors (Lipinski definition) is 6. The minimum absolute atomic E-state index is 0.112. The summed E-state index contributed by atoms with van der Waals surface area (Å²) < 4.78 is 16.4. The molecular weight excluding hydrogens is 338 g/mol. The minimum atomic E-state index is -0.647. The zero-order chi connectivity index (χ0) is 19.1. The van der Waals surface area contributed by atoms with Gasteiger partial charge >= 0.3 is 11.9 Å². The maximum atomic E-state index is 12.1. The molecule has 0 radical (unpaired) electrons. The summed E-state index contributed by atoms with van der Waals surface area (Å²) in [4.78, 5) is 34.7. The molecule has 0 unspecified atom stereocenters. The second-order valence-electron chi connectivity index (χ2n) is 6.37. The molecule has 1 aromatic carbocycles. The molecule has 1 saturated heterocycles. The molecule has 2 rings (SSSR count). The number of rotatable bonds is 6. The molecule has 0 spiro atoms. The second-order valence-corrected chi connectivity index (χ2v) is 6.37. The Kier molecular flexibility index (Phi) is 7.15. The first-order chi connectivity index (χ1) is 12.3. The topological polar surface area (TPSA) is 90.9 Å². The van der Waals surface area contributed by atoms with Gasteiger partial charge in [0.2, 0.25) is 5.91 Å². The van der Waals surface area contributed by atoms with E-state index in [2.05, 4.69) is 5.32 Å². The molecule has 4 atom stereocenters. The SMILES string of the molecule is CC(=O)O[C@H]1[C@H](C)O[C@@H](CCC(=O)Nc2ccccc2)C[C@@H]1OC(C)=O. The number of benzene rings is 1. The highest BCUT2D eigenvalue weighted by Crippen LogP contribution is 2.28. The Morgan fingerprint density at radius 3 is 2.38 bits per heavy atom. The van der Waals surface area contributed by atoms with E-state index in [4.69, 9.17) is 14.2 Å². The van der Waals surface area contributed by atoms with Gasteiger partial charge in [-0.15, -0.1) is 0 Å². The van der Waals surface area contributed by atoms with E-state index < -0.39 is 30.3 Å². The lowest BCUT2D eigenvalue weighted by Gasteiger charge is -2.39. The van der Waals surface area contributed by atoms with Crippen LogP contribution in [0.4, 0.5) is 5.69 Å². The van der Waals surface area contributed by atoms with Crippen LogP contribution in [-0.4, -0.2) is 42.3 Å². The largest absolute Gasteiger partial charge is 0.458 e. The van der Waals surface area contributed by atoms with Crippen LogP contribution in [0.15, 0.2) is 30.3 Å². The van der Waals surface area contributed by atoms with Crippen molar-refractivity contribution in [1.29, 1.82) is 0 Å². The third-order valence-corrected chi connectivity index (χ3v) is 4.10. The molecule has 7 nitrogen and oxygen atoms in total. The first kappa shape index (κ1) is 19.9. The third kappa shape index (κ3) is 6.15. The van der Waals surface area contributed by atoms with Crippen molar-refractivity contribution in [2.75, 3.05) is 5.32 Å². The first-order valence-electron chi connectivity index (χ1n) is 8.70. The molecule has 0 bridgehead atoms.